The first-order valence-electron chi connectivity index (χ1n) is 12.3. The molecular formula is C27H33N7. The normalized spacial score (nSPS) is 17.6. The van der Waals surface area contributed by atoms with Gasteiger partial charge in [0.1, 0.15) is 11.6 Å². The Balaban J connectivity index is 1.48. The van der Waals surface area contributed by atoms with Crippen LogP contribution < -0.4 is 15.5 Å². The van der Waals surface area contributed by atoms with Crippen molar-refractivity contribution in [1.82, 2.24) is 25.3 Å². The van der Waals surface area contributed by atoms with Crippen LogP contribution >= 0.6 is 0 Å². The van der Waals surface area contributed by atoms with E-state index in [0.717, 1.165) is 61.1 Å². The molecule has 1 atom stereocenters. The maximum Gasteiger partial charge on any atom is 0.162 e. The predicted molar refractivity (Wildman–Crippen MR) is 139 cm³/mol. The Morgan fingerprint density at radius 3 is 2.82 bits per heavy atom. The molecule has 0 bridgehead atoms. The number of hydrogen-bond donors (Lipinski definition) is 2. The smallest absolute Gasteiger partial charge is 0.162 e. The number of allylic oxidation sites excluding steroid dienone is 3. The molecule has 1 unspecified atom stereocenters. The molecule has 1 saturated carbocycles. The van der Waals surface area contributed by atoms with E-state index >= 15 is 0 Å². The minimum atomic E-state index is 0.267. The number of piperazine rings is 1. The topological polar surface area (TPSA) is 78.9 Å². The van der Waals surface area contributed by atoms with Gasteiger partial charge >= 0.3 is 0 Å². The van der Waals surface area contributed by atoms with Crippen LogP contribution in [0.15, 0.2) is 55.0 Å². The molecule has 0 spiro atoms. The fraction of sp³-hybridized carbons (Fsp3) is 0.407. The van der Waals surface area contributed by atoms with Crippen LogP contribution in [0.2, 0.25) is 0 Å². The van der Waals surface area contributed by atoms with E-state index in [1.54, 1.807) is 0 Å². The zero-order valence-corrected chi connectivity index (χ0v) is 20.0. The predicted octanol–water partition coefficient (Wildman–Crippen LogP) is 4.70. The first-order valence-corrected chi connectivity index (χ1v) is 12.3. The summed E-state index contributed by atoms with van der Waals surface area (Å²) in [6.45, 7) is 8.00. The van der Waals surface area contributed by atoms with Gasteiger partial charge in [-0.05, 0) is 56.7 Å². The first-order chi connectivity index (χ1) is 16.7. The van der Waals surface area contributed by atoms with Gasteiger partial charge in [0, 0.05) is 55.6 Å². The number of nitrogens with zero attached hydrogens (tertiary/aromatic N) is 5. The van der Waals surface area contributed by atoms with Crippen LogP contribution in [0.5, 0.6) is 0 Å². The third kappa shape index (κ3) is 5.09. The molecule has 0 amide bonds. The van der Waals surface area contributed by atoms with Gasteiger partial charge in [-0.15, -0.1) is 0 Å². The zero-order valence-electron chi connectivity index (χ0n) is 20.0. The van der Waals surface area contributed by atoms with Gasteiger partial charge in [0.2, 0.25) is 0 Å². The Hall–Kier alpha value is -3.32. The minimum absolute atomic E-state index is 0.267. The molecule has 4 heterocycles. The number of pyridine rings is 2. The van der Waals surface area contributed by atoms with Gasteiger partial charge in [-0.2, -0.15) is 0 Å². The van der Waals surface area contributed by atoms with E-state index in [1.807, 2.05) is 49.8 Å². The summed E-state index contributed by atoms with van der Waals surface area (Å²) in [4.78, 5) is 21.6. The molecule has 1 aliphatic heterocycles. The molecule has 7 nitrogen and oxygen atoms in total. The van der Waals surface area contributed by atoms with E-state index in [1.165, 1.54) is 23.8 Å². The highest BCUT2D eigenvalue weighted by atomic mass is 15.2. The largest absolute Gasteiger partial charge is 0.367 e. The lowest BCUT2D eigenvalue weighted by Gasteiger charge is -2.30. The summed E-state index contributed by atoms with van der Waals surface area (Å²) in [5.41, 5.74) is 3.19. The van der Waals surface area contributed by atoms with Gasteiger partial charge in [-0.1, -0.05) is 24.3 Å². The SMILES string of the molecule is C/C=C\C=C/CC(C)Nc1cc(-c2nc(N3CCNCC3)c3c(C4CC4)cncc3n2)ccn1. The van der Waals surface area contributed by atoms with Crippen LogP contribution in [0.4, 0.5) is 11.6 Å². The Bertz CT molecular complexity index is 1190. The van der Waals surface area contributed by atoms with Gasteiger partial charge < -0.3 is 15.5 Å². The van der Waals surface area contributed by atoms with Crippen molar-refractivity contribution in [3.05, 3.63) is 60.6 Å². The second-order valence-corrected chi connectivity index (χ2v) is 9.17. The zero-order chi connectivity index (χ0) is 23.3. The standard InChI is InChI=1S/C27H33N7/c1-3-4-5-6-7-19(2)31-24-16-21(10-11-30-24)26-32-23-18-29-17-22(20-8-9-20)25(23)27(33-26)34-14-12-28-13-15-34/h3-6,10-11,16-20,28H,7-9,12-15H2,1-2H3,(H,30,31)/b4-3-,6-5-. The molecule has 1 saturated heterocycles. The molecule has 5 rings (SSSR count). The molecule has 176 valence electrons. The lowest BCUT2D eigenvalue weighted by molar-refractivity contribution is 0.586. The van der Waals surface area contributed by atoms with E-state index in [-0.39, 0.29) is 6.04 Å². The van der Waals surface area contributed by atoms with Crippen LogP contribution in [0.1, 0.15) is 44.6 Å². The number of fused-ring (bicyclic) bond motifs is 1. The summed E-state index contributed by atoms with van der Waals surface area (Å²) in [6, 6.07) is 4.30. The summed E-state index contributed by atoms with van der Waals surface area (Å²) >= 11 is 0. The number of rotatable bonds is 8. The van der Waals surface area contributed by atoms with E-state index in [9.17, 15) is 0 Å². The number of hydrogen-bond acceptors (Lipinski definition) is 7. The molecule has 2 fully saturated rings. The second-order valence-electron chi connectivity index (χ2n) is 9.17. The van der Waals surface area contributed by atoms with E-state index in [2.05, 4.69) is 44.6 Å². The fourth-order valence-electron chi connectivity index (χ4n) is 4.46. The van der Waals surface area contributed by atoms with Gasteiger partial charge in [0.15, 0.2) is 5.82 Å². The van der Waals surface area contributed by atoms with Crippen molar-refractivity contribution in [2.75, 3.05) is 36.4 Å². The lowest BCUT2D eigenvalue weighted by atomic mass is 10.1. The van der Waals surface area contributed by atoms with Gasteiger partial charge in [-0.25, -0.2) is 15.0 Å². The molecule has 7 heteroatoms. The van der Waals surface area contributed by atoms with Crippen LogP contribution in [-0.2, 0) is 0 Å². The van der Waals surface area contributed by atoms with Crippen LogP contribution in [0, 0.1) is 0 Å². The molecule has 3 aromatic rings. The molecule has 34 heavy (non-hydrogen) atoms. The molecule has 2 N–H and O–H groups in total. The molecule has 0 aromatic carbocycles. The second kappa shape index (κ2) is 10.3. The average Bonchev–Trinajstić information content (AvgIpc) is 3.72. The van der Waals surface area contributed by atoms with Gasteiger partial charge in [0.25, 0.3) is 0 Å². The summed E-state index contributed by atoms with van der Waals surface area (Å²) in [7, 11) is 0. The van der Waals surface area contributed by atoms with Crippen molar-refractivity contribution in [2.45, 2.75) is 45.1 Å². The third-order valence-corrected chi connectivity index (χ3v) is 6.39. The van der Waals surface area contributed by atoms with Crippen molar-refractivity contribution < 1.29 is 0 Å². The minimum Gasteiger partial charge on any atom is -0.367 e. The van der Waals surface area contributed by atoms with Gasteiger partial charge in [0.05, 0.1) is 11.7 Å². The average molecular weight is 456 g/mol. The lowest BCUT2D eigenvalue weighted by Crippen LogP contribution is -2.44. The summed E-state index contributed by atoms with van der Waals surface area (Å²) in [6.07, 6.45) is 17.4. The quantitative estimate of drug-likeness (QED) is 0.477. The maximum atomic E-state index is 5.14. The van der Waals surface area contributed by atoms with Crippen LogP contribution in [0.3, 0.4) is 0 Å². The molecule has 1 aliphatic carbocycles. The number of nitrogens with one attached hydrogen (secondary N) is 2. The molecule has 2 aliphatic rings. The highest BCUT2D eigenvalue weighted by Crippen LogP contribution is 2.44. The van der Waals surface area contributed by atoms with Gasteiger partial charge in [-0.3, -0.25) is 4.98 Å². The summed E-state index contributed by atoms with van der Waals surface area (Å²) in [5.74, 6) is 3.19. The third-order valence-electron chi connectivity index (χ3n) is 6.39. The monoisotopic (exact) mass is 455 g/mol. The Kier molecular flexibility index (Phi) is 6.81. The van der Waals surface area contributed by atoms with E-state index in [4.69, 9.17) is 9.97 Å². The molecule has 0 radical (unpaired) electrons. The summed E-state index contributed by atoms with van der Waals surface area (Å²) in [5, 5.41) is 8.13. The van der Waals surface area contributed by atoms with Crippen LogP contribution in [0.25, 0.3) is 22.3 Å². The van der Waals surface area contributed by atoms with Crippen molar-refractivity contribution in [1.29, 1.82) is 0 Å². The molecular weight excluding hydrogens is 422 g/mol. The Morgan fingerprint density at radius 2 is 2.03 bits per heavy atom. The van der Waals surface area contributed by atoms with Crippen molar-refractivity contribution in [2.24, 2.45) is 0 Å². The van der Waals surface area contributed by atoms with Crippen molar-refractivity contribution >= 4 is 22.5 Å². The highest BCUT2D eigenvalue weighted by Gasteiger charge is 2.29. The van der Waals surface area contributed by atoms with Crippen LogP contribution in [-0.4, -0.2) is 52.2 Å². The maximum absolute atomic E-state index is 5.14. The highest BCUT2D eigenvalue weighted by molar-refractivity contribution is 5.94. The molecule has 3 aromatic heterocycles. The first kappa shape index (κ1) is 22.5. The van der Waals surface area contributed by atoms with Crippen molar-refractivity contribution in [3.63, 3.8) is 0 Å². The number of aromatic nitrogens is 4. The van der Waals surface area contributed by atoms with E-state index < -0.39 is 0 Å². The Labute approximate surface area is 201 Å². The number of anilines is 2. The van der Waals surface area contributed by atoms with Crippen molar-refractivity contribution in [3.8, 4) is 11.4 Å². The van der Waals surface area contributed by atoms with E-state index in [0.29, 0.717) is 5.92 Å². The fourth-order valence-corrected chi connectivity index (χ4v) is 4.46. The summed E-state index contributed by atoms with van der Waals surface area (Å²) < 4.78 is 0. The Morgan fingerprint density at radius 1 is 1.18 bits per heavy atom.